The molecule has 3 aliphatic heterocycles. The summed E-state index contributed by atoms with van der Waals surface area (Å²) < 4.78 is 11.6. The second-order valence-electron chi connectivity index (χ2n) is 7.43. The minimum absolute atomic E-state index is 0.141. The summed E-state index contributed by atoms with van der Waals surface area (Å²) in [5.41, 5.74) is 0.811. The Labute approximate surface area is 152 Å². The monoisotopic (exact) mass is 350 g/mol. The third-order valence-electron chi connectivity index (χ3n) is 5.97. The number of benzene rings is 1. The maximum atomic E-state index is 12.7. The highest BCUT2D eigenvalue weighted by Crippen LogP contribution is 2.33. The van der Waals surface area contributed by atoms with Crippen LogP contribution in [0, 0.1) is 5.92 Å². The van der Waals surface area contributed by atoms with Crippen LogP contribution in [0.4, 0.5) is 0 Å². The first-order valence-electron chi connectivity index (χ1n) is 9.33. The van der Waals surface area contributed by atoms with E-state index >= 15 is 0 Å². The van der Waals surface area contributed by atoms with E-state index in [1.54, 1.807) is 12.1 Å². The van der Waals surface area contributed by atoms with Crippen molar-refractivity contribution in [1.29, 1.82) is 0 Å². The lowest BCUT2D eigenvalue weighted by Gasteiger charge is -2.49. The summed E-state index contributed by atoms with van der Waals surface area (Å²) in [6, 6.07) is 13.9. The molecule has 3 aromatic rings. The van der Waals surface area contributed by atoms with Crippen LogP contribution in [0.3, 0.4) is 0 Å². The molecule has 5 heterocycles. The Kier molecular flexibility index (Phi) is 3.64. The van der Waals surface area contributed by atoms with Crippen molar-refractivity contribution >= 4 is 16.9 Å². The molecule has 5 heteroatoms. The van der Waals surface area contributed by atoms with E-state index in [-0.39, 0.29) is 11.9 Å². The summed E-state index contributed by atoms with van der Waals surface area (Å²) >= 11 is 0. The Morgan fingerprint density at radius 2 is 1.88 bits per heavy atom. The van der Waals surface area contributed by atoms with E-state index in [9.17, 15) is 4.79 Å². The van der Waals surface area contributed by atoms with Crippen LogP contribution in [0.5, 0.6) is 0 Å². The van der Waals surface area contributed by atoms with Gasteiger partial charge in [0.05, 0.1) is 0 Å². The zero-order valence-electron chi connectivity index (χ0n) is 14.8. The number of piperidine rings is 3. The molecule has 1 amide bonds. The number of nitrogens with zero attached hydrogens (tertiary/aromatic N) is 1. The maximum absolute atomic E-state index is 12.7. The standard InChI is InChI=1S/C21H22N2O3/c1-13-20(14-8-10-23(13)11-9-14)22-21(24)18-7-6-17(26-18)19-12-15-4-2-3-5-16(15)25-19/h2-7,12-14,20H,8-11H2,1H3,(H,22,24)/t13-,20-/m0/s1. The number of hydrogen-bond donors (Lipinski definition) is 1. The first-order chi connectivity index (χ1) is 12.7. The fourth-order valence-electron chi connectivity index (χ4n) is 4.46. The SMILES string of the molecule is C[C@H]1[C@H](NC(=O)c2ccc(-c3cc4ccccc4o3)o2)C2CCN1CC2. The van der Waals surface area contributed by atoms with Crippen molar-refractivity contribution in [1.82, 2.24) is 10.2 Å². The van der Waals surface area contributed by atoms with Crippen LogP contribution >= 0.6 is 0 Å². The molecular weight excluding hydrogens is 328 g/mol. The third kappa shape index (κ3) is 2.54. The second-order valence-corrected chi connectivity index (χ2v) is 7.43. The van der Waals surface area contributed by atoms with Crippen molar-refractivity contribution in [2.75, 3.05) is 13.1 Å². The highest BCUT2D eigenvalue weighted by Gasteiger charge is 2.40. The molecule has 0 radical (unpaired) electrons. The number of fused-ring (bicyclic) bond motifs is 4. The topological polar surface area (TPSA) is 58.6 Å². The molecule has 0 aliphatic carbocycles. The summed E-state index contributed by atoms with van der Waals surface area (Å²) in [5.74, 6) is 1.99. The van der Waals surface area contributed by atoms with Gasteiger partial charge in [-0.05, 0) is 63.0 Å². The van der Waals surface area contributed by atoms with Crippen LogP contribution in [0.25, 0.3) is 22.5 Å². The number of amides is 1. The highest BCUT2D eigenvalue weighted by molar-refractivity contribution is 5.92. The van der Waals surface area contributed by atoms with Crippen LogP contribution in [-0.2, 0) is 0 Å². The van der Waals surface area contributed by atoms with Crippen LogP contribution in [-0.4, -0.2) is 36.0 Å². The lowest BCUT2D eigenvalue weighted by molar-refractivity contribution is 0.0211. The molecule has 0 unspecified atom stereocenters. The predicted molar refractivity (Wildman–Crippen MR) is 98.9 cm³/mol. The molecule has 5 nitrogen and oxygen atoms in total. The fourth-order valence-corrected chi connectivity index (χ4v) is 4.46. The minimum Gasteiger partial charge on any atom is -0.453 e. The van der Waals surface area contributed by atoms with Gasteiger partial charge >= 0.3 is 0 Å². The Morgan fingerprint density at radius 1 is 1.08 bits per heavy atom. The van der Waals surface area contributed by atoms with Gasteiger partial charge in [-0.25, -0.2) is 0 Å². The molecule has 2 atom stereocenters. The van der Waals surface area contributed by atoms with Crippen molar-refractivity contribution in [2.45, 2.75) is 31.8 Å². The molecule has 2 bridgehead atoms. The van der Waals surface area contributed by atoms with E-state index in [2.05, 4.69) is 17.1 Å². The van der Waals surface area contributed by atoms with Crippen molar-refractivity contribution in [2.24, 2.45) is 5.92 Å². The molecule has 26 heavy (non-hydrogen) atoms. The van der Waals surface area contributed by atoms with Crippen LogP contribution < -0.4 is 5.32 Å². The Balaban J connectivity index is 1.35. The van der Waals surface area contributed by atoms with Gasteiger partial charge in [0.15, 0.2) is 17.3 Å². The number of carbonyl (C=O) groups excluding carboxylic acids is 1. The normalized spacial score (nSPS) is 27.7. The van der Waals surface area contributed by atoms with E-state index in [1.165, 1.54) is 0 Å². The molecule has 134 valence electrons. The van der Waals surface area contributed by atoms with Gasteiger partial charge in [0.2, 0.25) is 0 Å². The number of para-hydroxylation sites is 1. The van der Waals surface area contributed by atoms with Gasteiger partial charge in [0.1, 0.15) is 5.58 Å². The lowest BCUT2D eigenvalue weighted by Crippen LogP contribution is -2.62. The Hall–Kier alpha value is -2.53. The zero-order chi connectivity index (χ0) is 17.7. The van der Waals surface area contributed by atoms with E-state index in [4.69, 9.17) is 8.83 Å². The van der Waals surface area contributed by atoms with E-state index < -0.39 is 0 Å². The van der Waals surface area contributed by atoms with Gasteiger partial charge < -0.3 is 14.2 Å². The summed E-state index contributed by atoms with van der Waals surface area (Å²) in [4.78, 5) is 15.2. The number of hydrogen-bond acceptors (Lipinski definition) is 4. The molecular formula is C21H22N2O3. The lowest BCUT2D eigenvalue weighted by atomic mass is 9.79. The summed E-state index contributed by atoms with van der Waals surface area (Å²) in [7, 11) is 0. The average Bonchev–Trinajstić information content (AvgIpc) is 3.31. The molecule has 2 aromatic heterocycles. The number of rotatable bonds is 3. The van der Waals surface area contributed by atoms with Crippen LogP contribution in [0.15, 0.2) is 51.3 Å². The van der Waals surface area contributed by atoms with Crippen LogP contribution in [0.2, 0.25) is 0 Å². The summed E-state index contributed by atoms with van der Waals surface area (Å²) in [6.07, 6.45) is 2.33. The quantitative estimate of drug-likeness (QED) is 0.778. The summed E-state index contributed by atoms with van der Waals surface area (Å²) in [5, 5.41) is 4.22. The average molecular weight is 350 g/mol. The first kappa shape index (κ1) is 15.7. The number of carbonyl (C=O) groups is 1. The largest absolute Gasteiger partial charge is 0.453 e. The second kappa shape index (κ2) is 6.02. The van der Waals surface area contributed by atoms with Gasteiger partial charge in [0.25, 0.3) is 5.91 Å². The number of nitrogens with one attached hydrogen (secondary N) is 1. The van der Waals surface area contributed by atoms with E-state index in [0.717, 1.165) is 36.9 Å². The van der Waals surface area contributed by atoms with Crippen molar-refractivity contribution in [3.05, 3.63) is 48.2 Å². The molecule has 6 rings (SSSR count). The van der Waals surface area contributed by atoms with Gasteiger partial charge in [-0.15, -0.1) is 0 Å². The van der Waals surface area contributed by atoms with E-state index in [1.807, 2.05) is 30.3 Å². The number of furan rings is 2. The first-order valence-corrected chi connectivity index (χ1v) is 9.33. The molecule has 3 aliphatic rings. The smallest absolute Gasteiger partial charge is 0.287 e. The maximum Gasteiger partial charge on any atom is 0.287 e. The van der Waals surface area contributed by atoms with E-state index in [0.29, 0.717) is 29.2 Å². The Bertz CT molecular complexity index is 914. The zero-order valence-corrected chi connectivity index (χ0v) is 14.8. The predicted octanol–water partition coefficient (Wildman–Crippen LogP) is 3.91. The minimum atomic E-state index is -0.141. The third-order valence-corrected chi connectivity index (χ3v) is 5.97. The molecule has 1 N–H and O–H groups in total. The fraction of sp³-hybridized carbons (Fsp3) is 0.381. The van der Waals surface area contributed by atoms with Crippen molar-refractivity contribution in [3.8, 4) is 11.5 Å². The van der Waals surface area contributed by atoms with Gasteiger partial charge in [-0.1, -0.05) is 18.2 Å². The molecule has 3 fully saturated rings. The molecule has 3 saturated heterocycles. The molecule has 0 saturated carbocycles. The van der Waals surface area contributed by atoms with Crippen molar-refractivity contribution < 1.29 is 13.6 Å². The Morgan fingerprint density at radius 3 is 2.65 bits per heavy atom. The van der Waals surface area contributed by atoms with Gasteiger partial charge in [0, 0.05) is 17.5 Å². The molecule has 0 spiro atoms. The molecule has 1 aromatic carbocycles. The van der Waals surface area contributed by atoms with Gasteiger partial charge in [-0.2, -0.15) is 0 Å². The van der Waals surface area contributed by atoms with Crippen molar-refractivity contribution in [3.63, 3.8) is 0 Å². The van der Waals surface area contributed by atoms with Crippen LogP contribution in [0.1, 0.15) is 30.3 Å². The van der Waals surface area contributed by atoms with Gasteiger partial charge in [-0.3, -0.25) is 9.69 Å². The highest BCUT2D eigenvalue weighted by atomic mass is 16.4. The summed E-state index contributed by atoms with van der Waals surface area (Å²) in [6.45, 7) is 4.50.